The normalized spacial score (nSPS) is 15.0. The molecular formula is C14H18N2O5. The Morgan fingerprint density at radius 1 is 1.43 bits per heavy atom. The second-order valence-corrected chi connectivity index (χ2v) is 5.00. The fourth-order valence-electron chi connectivity index (χ4n) is 2.44. The third kappa shape index (κ3) is 4.16. The summed E-state index contributed by atoms with van der Waals surface area (Å²) in [6, 6.07) is 3.76. The Morgan fingerprint density at radius 3 is 2.76 bits per heavy atom. The molecule has 2 N–H and O–H groups in total. The van der Waals surface area contributed by atoms with Gasteiger partial charge < -0.3 is 15.2 Å². The van der Waals surface area contributed by atoms with Crippen LogP contribution in [0.25, 0.3) is 0 Å². The van der Waals surface area contributed by atoms with E-state index in [2.05, 4.69) is 5.32 Å². The maximum atomic E-state index is 11.1. The predicted octanol–water partition coefficient (Wildman–Crippen LogP) is 2.66. The Balaban J connectivity index is 1.92. The molecule has 0 bridgehead atoms. The fourth-order valence-corrected chi connectivity index (χ4v) is 2.44. The summed E-state index contributed by atoms with van der Waals surface area (Å²) in [4.78, 5) is 21.2. The molecule has 1 fully saturated rings. The molecule has 7 heteroatoms. The van der Waals surface area contributed by atoms with Crippen molar-refractivity contribution in [3.05, 3.63) is 33.9 Å². The molecule has 0 spiro atoms. The molecule has 1 aromatic carbocycles. The molecule has 1 aliphatic carbocycles. The second-order valence-electron chi connectivity index (χ2n) is 5.00. The van der Waals surface area contributed by atoms with Crippen molar-refractivity contribution >= 4 is 17.3 Å². The lowest BCUT2D eigenvalue weighted by molar-refractivity contribution is -0.384. The standard InChI is InChI=1S/C14H18N2O5/c17-14(18)12-9-10(16(19)20)5-6-13(12)15-7-8-21-11-3-1-2-4-11/h5-6,9,11,15H,1-4,7-8H2,(H,17,18). The number of nitrogens with one attached hydrogen (secondary N) is 1. The third-order valence-electron chi connectivity index (χ3n) is 3.52. The maximum absolute atomic E-state index is 11.1. The smallest absolute Gasteiger partial charge is 0.338 e. The minimum Gasteiger partial charge on any atom is -0.478 e. The first-order chi connectivity index (χ1) is 10.1. The highest BCUT2D eigenvalue weighted by molar-refractivity contribution is 5.95. The number of carbonyl (C=O) groups is 1. The Kier molecular flexibility index (Phi) is 5.10. The van der Waals surface area contributed by atoms with Crippen molar-refractivity contribution in [2.24, 2.45) is 0 Å². The van der Waals surface area contributed by atoms with Crippen LogP contribution >= 0.6 is 0 Å². The molecular weight excluding hydrogens is 276 g/mol. The minimum atomic E-state index is -1.20. The Hall–Kier alpha value is -2.15. The maximum Gasteiger partial charge on any atom is 0.338 e. The summed E-state index contributed by atoms with van der Waals surface area (Å²) in [6.07, 6.45) is 4.87. The molecule has 0 atom stereocenters. The van der Waals surface area contributed by atoms with Crippen LogP contribution in [0.5, 0.6) is 0 Å². The zero-order valence-electron chi connectivity index (χ0n) is 11.6. The van der Waals surface area contributed by atoms with Crippen LogP contribution < -0.4 is 5.32 Å². The highest BCUT2D eigenvalue weighted by Gasteiger charge is 2.17. The number of aromatic carboxylic acids is 1. The van der Waals surface area contributed by atoms with Gasteiger partial charge in [-0.25, -0.2) is 4.79 Å². The summed E-state index contributed by atoms with van der Waals surface area (Å²) in [5, 5.41) is 22.7. The average molecular weight is 294 g/mol. The quantitative estimate of drug-likeness (QED) is 0.455. The first kappa shape index (κ1) is 15.2. The van der Waals surface area contributed by atoms with Crippen LogP contribution in [-0.4, -0.2) is 35.3 Å². The van der Waals surface area contributed by atoms with Gasteiger partial charge in [0.1, 0.15) is 0 Å². The Morgan fingerprint density at radius 2 is 2.14 bits per heavy atom. The monoisotopic (exact) mass is 294 g/mol. The lowest BCUT2D eigenvalue weighted by atomic mass is 10.1. The molecule has 0 amide bonds. The van der Waals surface area contributed by atoms with Gasteiger partial charge in [0.2, 0.25) is 0 Å². The van der Waals surface area contributed by atoms with Gasteiger partial charge in [0.15, 0.2) is 0 Å². The number of anilines is 1. The van der Waals surface area contributed by atoms with Crippen LogP contribution in [0.1, 0.15) is 36.0 Å². The number of benzene rings is 1. The van der Waals surface area contributed by atoms with Crippen molar-refractivity contribution < 1.29 is 19.6 Å². The van der Waals surface area contributed by atoms with E-state index in [4.69, 9.17) is 9.84 Å². The number of carboxylic acid groups (broad SMARTS) is 1. The van der Waals surface area contributed by atoms with Gasteiger partial charge >= 0.3 is 5.97 Å². The molecule has 0 heterocycles. The molecule has 1 aliphatic rings. The van der Waals surface area contributed by atoms with Gasteiger partial charge in [-0.2, -0.15) is 0 Å². The summed E-state index contributed by atoms with van der Waals surface area (Å²) in [7, 11) is 0. The molecule has 21 heavy (non-hydrogen) atoms. The Bertz CT molecular complexity index is 526. The van der Waals surface area contributed by atoms with Gasteiger partial charge in [-0.15, -0.1) is 0 Å². The van der Waals surface area contributed by atoms with Gasteiger partial charge in [0.25, 0.3) is 5.69 Å². The number of nitro groups is 1. The van der Waals surface area contributed by atoms with Crippen molar-refractivity contribution in [3.63, 3.8) is 0 Å². The van der Waals surface area contributed by atoms with Crippen LogP contribution in [0.15, 0.2) is 18.2 Å². The minimum absolute atomic E-state index is 0.106. The number of nitrogens with zero attached hydrogens (tertiary/aromatic N) is 1. The lowest BCUT2D eigenvalue weighted by Gasteiger charge is -2.13. The number of carboxylic acids is 1. The third-order valence-corrected chi connectivity index (χ3v) is 3.52. The number of rotatable bonds is 7. The van der Waals surface area contributed by atoms with Gasteiger partial charge in [-0.05, 0) is 18.9 Å². The number of nitro benzene ring substituents is 1. The highest BCUT2D eigenvalue weighted by atomic mass is 16.6. The van der Waals surface area contributed by atoms with Crippen molar-refractivity contribution in [2.75, 3.05) is 18.5 Å². The van der Waals surface area contributed by atoms with Crippen LogP contribution in [-0.2, 0) is 4.74 Å². The summed E-state index contributed by atoms with van der Waals surface area (Å²) in [5.41, 5.74) is 0.0216. The Labute approximate surface area is 122 Å². The van der Waals surface area contributed by atoms with Gasteiger partial charge in [-0.1, -0.05) is 12.8 Å². The molecule has 0 aromatic heterocycles. The molecule has 0 unspecified atom stereocenters. The zero-order valence-corrected chi connectivity index (χ0v) is 11.6. The lowest BCUT2D eigenvalue weighted by Crippen LogP contribution is -2.16. The van der Waals surface area contributed by atoms with Crippen LogP contribution in [0.4, 0.5) is 11.4 Å². The highest BCUT2D eigenvalue weighted by Crippen LogP contribution is 2.23. The largest absolute Gasteiger partial charge is 0.478 e. The second kappa shape index (κ2) is 7.03. The van der Waals surface area contributed by atoms with Gasteiger partial charge in [0.05, 0.1) is 23.2 Å². The number of hydrogen-bond donors (Lipinski definition) is 2. The summed E-state index contributed by atoms with van der Waals surface area (Å²) in [5.74, 6) is -1.20. The molecule has 7 nitrogen and oxygen atoms in total. The van der Waals surface area contributed by atoms with Gasteiger partial charge in [-0.3, -0.25) is 10.1 Å². The molecule has 1 aromatic rings. The summed E-state index contributed by atoms with van der Waals surface area (Å²) >= 11 is 0. The fraction of sp³-hybridized carbons (Fsp3) is 0.500. The van der Waals surface area contributed by atoms with E-state index in [0.717, 1.165) is 18.9 Å². The van der Waals surface area contributed by atoms with Crippen LogP contribution in [0.3, 0.4) is 0 Å². The summed E-state index contributed by atoms with van der Waals surface area (Å²) < 4.78 is 5.67. The van der Waals surface area contributed by atoms with Crippen molar-refractivity contribution in [2.45, 2.75) is 31.8 Å². The van der Waals surface area contributed by atoms with E-state index >= 15 is 0 Å². The molecule has 2 rings (SSSR count). The van der Waals surface area contributed by atoms with Crippen LogP contribution in [0.2, 0.25) is 0 Å². The zero-order chi connectivity index (χ0) is 15.2. The first-order valence-corrected chi connectivity index (χ1v) is 6.95. The predicted molar refractivity (Wildman–Crippen MR) is 76.8 cm³/mol. The number of ether oxygens (including phenoxy) is 1. The number of non-ortho nitro benzene ring substituents is 1. The SMILES string of the molecule is O=C(O)c1cc([N+](=O)[O-])ccc1NCCOC1CCCC1. The van der Waals surface area contributed by atoms with E-state index in [-0.39, 0.29) is 11.3 Å². The molecule has 1 saturated carbocycles. The molecule has 114 valence electrons. The van der Waals surface area contributed by atoms with E-state index < -0.39 is 10.9 Å². The van der Waals surface area contributed by atoms with E-state index in [1.807, 2.05) is 0 Å². The van der Waals surface area contributed by atoms with E-state index in [9.17, 15) is 14.9 Å². The molecule has 0 aliphatic heterocycles. The molecule has 0 saturated heterocycles. The van der Waals surface area contributed by atoms with Crippen molar-refractivity contribution in [1.29, 1.82) is 0 Å². The van der Waals surface area contributed by atoms with E-state index in [1.165, 1.54) is 25.0 Å². The number of hydrogen-bond acceptors (Lipinski definition) is 5. The average Bonchev–Trinajstić information content (AvgIpc) is 2.96. The first-order valence-electron chi connectivity index (χ1n) is 6.95. The van der Waals surface area contributed by atoms with Crippen LogP contribution in [0, 0.1) is 10.1 Å². The van der Waals surface area contributed by atoms with E-state index in [1.54, 1.807) is 0 Å². The topological polar surface area (TPSA) is 102 Å². The molecule has 0 radical (unpaired) electrons. The van der Waals surface area contributed by atoms with Crippen molar-refractivity contribution in [1.82, 2.24) is 0 Å². The van der Waals surface area contributed by atoms with E-state index in [0.29, 0.717) is 24.9 Å². The van der Waals surface area contributed by atoms with Crippen molar-refractivity contribution in [3.8, 4) is 0 Å². The van der Waals surface area contributed by atoms with Gasteiger partial charge in [0, 0.05) is 24.4 Å². The summed E-state index contributed by atoms with van der Waals surface area (Å²) in [6.45, 7) is 0.954.